The molecule has 0 radical (unpaired) electrons. The molecule has 5 heteroatoms. The molecule has 5 nitrogen and oxygen atoms in total. The van der Waals surface area contributed by atoms with Gasteiger partial charge in [-0.2, -0.15) is 0 Å². The van der Waals surface area contributed by atoms with Crippen LogP contribution in [0.4, 0.5) is 0 Å². The van der Waals surface area contributed by atoms with Gasteiger partial charge in [-0.05, 0) is 39.3 Å². The maximum atomic E-state index is 12.2. The van der Waals surface area contributed by atoms with Crippen LogP contribution in [0.2, 0.25) is 0 Å². The van der Waals surface area contributed by atoms with E-state index >= 15 is 0 Å². The SMILES string of the molecule is CCCCOC(=O)c1ccc(OCC)c(OCC)c1OCC. The number of carbonyl (C=O) groups is 1. The molecule has 1 rings (SSSR count). The molecule has 0 fully saturated rings. The van der Waals surface area contributed by atoms with Crippen LogP contribution in [0, 0.1) is 0 Å². The Morgan fingerprint density at radius 1 is 0.909 bits per heavy atom. The summed E-state index contributed by atoms with van der Waals surface area (Å²) in [6.07, 6.45) is 1.81. The van der Waals surface area contributed by atoms with Crippen LogP contribution >= 0.6 is 0 Å². The summed E-state index contributed by atoms with van der Waals surface area (Å²) >= 11 is 0. The van der Waals surface area contributed by atoms with E-state index in [2.05, 4.69) is 0 Å². The summed E-state index contributed by atoms with van der Waals surface area (Å²) in [6, 6.07) is 3.38. The second kappa shape index (κ2) is 9.92. The Kier molecular flexibility index (Phi) is 8.18. The molecule has 22 heavy (non-hydrogen) atoms. The minimum atomic E-state index is -0.402. The van der Waals surface area contributed by atoms with Gasteiger partial charge < -0.3 is 18.9 Å². The number of hydrogen-bond donors (Lipinski definition) is 0. The quantitative estimate of drug-likeness (QED) is 0.485. The lowest BCUT2D eigenvalue weighted by Crippen LogP contribution is -2.11. The molecule has 124 valence electrons. The summed E-state index contributed by atoms with van der Waals surface area (Å²) in [4.78, 5) is 12.2. The highest BCUT2D eigenvalue weighted by atomic mass is 16.5. The first-order valence-electron chi connectivity index (χ1n) is 7.91. The van der Waals surface area contributed by atoms with E-state index in [4.69, 9.17) is 18.9 Å². The maximum absolute atomic E-state index is 12.2. The molecule has 0 N–H and O–H groups in total. The van der Waals surface area contributed by atoms with Gasteiger partial charge >= 0.3 is 5.97 Å². The van der Waals surface area contributed by atoms with Crippen molar-refractivity contribution in [1.29, 1.82) is 0 Å². The third kappa shape index (κ3) is 4.83. The highest BCUT2D eigenvalue weighted by Gasteiger charge is 2.22. The molecule has 1 aromatic rings. The van der Waals surface area contributed by atoms with Crippen molar-refractivity contribution in [3.05, 3.63) is 17.7 Å². The van der Waals surface area contributed by atoms with Gasteiger partial charge in [-0.1, -0.05) is 13.3 Å². The number of esters is 1. The van der Waals surface area contributed by atoms with E-state index < -0.39 is 5.97 Å². The van der Waals surface area contributed by atoms with E-state index in [-0.39, 0.29) is 0 Å². The minimum absolute atomic E-state index is 0.366. The zero-order valence-electron chi connectivity index (χ0n) is 13.9. The number of carbonyl (C=O) groups excluding carboxylic acids is 1. The van der Waals surface area contributed by atoms with Crippen molar-refractivity contribution in [1.82, 2.24) is 0 Å². The van der Waals surface area contributed by atoms with Gasteiger partial charge in [-0.25, -0.2) is 4.79 Å². The zero-order valence-corrected chi connectivity index (χ0v) is 13.9. The molecule has 0 bridgehead atoms. The van der Waals surface area contributed by atoms with Gasteiger partial charge in [-0.15, -0.1) is 0 Å². The first-order chi connectivity index (χ1) is 10.7. The van der Waals surface area contributed by atoms with Crippen molar-refractivity contribution in [3.63, 3.8) is 0 Å². The second-order valence-corrected chi connectivity index (χ2v) is 4.56. The molecule has 0 unspecified atom stereocenters. The number of unbranched alkanes of at least 4 members (excludes halogenated alkanes) is 1. The van der Waals surface area contributed by atoms with Crippen LogP contribution in [0.3, 0.4) is 0 Å². The Morgan fingerprint density at radius 2 is 1.55 bits per heavy atom. The molecule has 0 spiro atoms. The Bertz CT molecular complexity index is 470. The fourth-order valence-electron chi connectivity index (χ4n) is 1.93. The number of hydrogen-bond acceptors (Lipinski definition) is 5. The van der Waals surface area contributed by atoms with Crippen molar-refractivity contribution in [3.8, 4) is 17.2 Å². The van der Waals surface area contributed by atoms with Crippen LogP contribution in [0.5, 0.6) is 17.2 Å². The maximum Gasteiger partial charge on any atom is 0.342 e. The third-order valence-corrected chi connectivity index (χ3v) is 2.90. The Hall–Kier alpha value is -1.91. The molecule has 0 aliphatic carbocycles. The highest BCUT2D eigenvalue weighted by molar-refractivity contribution is 5.94. The normalized spacial score (nSPS) is 10.2. The summed E-state index contributed by atoms with van der Waals surface area (Å²) in [5.74, 6) is 1.01. The lowest BCUT2D eigenvalue weighted by Gasteiger charge is -2.18. The highest BCUT2D eigenvalue weighted by Crippen LogP contribution is 2.40. The van der Waals surface area contributed by atoms with Gasteiger partial charge in [0, 0.05) is 0 Å². The average Bonchev–Trinajstić information content (AvgIpc) is 2.51. The summed E-state index contributed by atoms with van der Waals surface area (Å²) in [6.45, 7) is 9.45. The smallest absolute Gasteiger partial charge is 0.342 e. The molecule has 0 aromatic heterocycles. The molecule has 0 atom stereocenters. The molecule has 0 saturated heterocycles. The number of benzene rings is 1. The van der Waals surface area contributed by atoms with Crippen molar-refractivity contribution in [2.24, 2.45) is 0 Å². The second-order valence-electron chi connectivity index (χ2n) is 4.56. The van der Waals surface area contributed by atoms with Gasteiger partial charge in [0.1, 0.15) is 5.56 Å². The van der Waals surface area contributed by atoms with Gasteiger partial charge in [0.25, 0.3) is 0 Å². The molecule has 0 heterocycles. The first-order valence-corrected chi connectivity index (χ1v) is 7.91. The van der Waals surface area contributed by atoms with Crippen LogP contribution in [0.25, 0.3) is 0 Å². The third-order valence-electron chi connectivity index (χ3n) is 2.90. The largest absolute Gasteiger partial charge is 0.490 e. The van der Waals surface area contributed by atoms with Crippen molar-refractivity contribution in [2.45, 2.75) is 40.5 Å². The summed E-state index contributed by atoms with van der Waals surface area (Å²) in [5.41, 5.74) is 0.366. The molecule has 0 aliphatic rings. The topological polar surface area (TPSA) is 54.0 Å². The Labute approximate surface area is 132 Å². The lowest BCUT2D eigenvalue weighted by atomic mass is 10.1. The Morgan fingerprint density at radius 3 is 2.14 bits per heavy atom. The van der Waals surface area contributed by atoms with Crippen molar-refractivity contribution < 1.29 is 23.7 Å². The minimum Gasteiger partial charge on any atom is -0.490 e. The molecule has 0 saturated carbocycles. The fraction of sp³-hybridized carbons (Fsp3) is 0.588. The van der Waals surface area contributed by atoms with Gasteiger partial charge in [0.2, 0.25) is 5.75 Å². The molecule has 0 aliphatic heterocycles. The molecule has 1 aromatic carbocycles. The van der Waals surface area contributed by atoms with Gasteiger partial charge in [-0.3, -0.25) is 0 Å². The number of ether oxygens (including phenoxy) is 4. The average molecular weight is 310 g/mol. The standard InChI is InChI=1S/C17H26O5/c1-5-9-12-22-17(18)13-10-11-14(19-6-2)16(21-8-4)15(13)20-7-3/h10-11H,5-9,12H2,1-4H3. The van der Waals surface area contributed by atoms with Crippen molar-refractivity contribution in [2.75, 3.05) is 26.4 Å². The van der Waals surface area contributed by atoms with Crippen LogP contribution < -0.4 is 14.2 Å². The Balaban J connectivity index is 3.14. The molecular formula is C17H26O5. The lowest BCUT2D eigenvalue weighted by molar-refractivity contribution is 0.0494. The molecule has 0 amide bonds. The van der Waals surface area contributed by atoms with E-state index in [1.165, 1.54) is 0 Å². The number of rotatable bonds is 10. The van der Waals surface area contributed by atoms with Gasteiger partial charge in [0.15, 0.2) is 11.5 Å². The first kappa shape index (κ1) is 18.1. The summed E-state index contributed by atoms with van der Waals surface area (Å²) in [5, 5.41) is 0. The zero-order chi connectivity index (χ0) is 16.4. The van der Waals surface area contributed by atoms with E-state index in [0.29, 0.717) is 49.2 Å². The van der Waals surface area contributed by atoms with Crippen molar-refractivity contribution >= 4 is 5.97 Å². The summed E-state index contributed by atoms with van der Waals surface area (Å²) in [7, 11) is 0. The monoisotopic (exact) mass is 310 g/mol. The van der Waals surface area contributed by atoms with Gasteiger partial charge in [0.05, 0.1) is 26.4 Å². The van der Waals surface area contributed by atoms with Crippen LogP contribution in [0.1, 0.15) is 50.9 Å². The van der Waals surface area contributed by atoms with E-state index in [1.807, 2.05) is 27.7 Å². The van der Waals surface area contributed by atoms with E-state index in [9.17, 15) is 4.79 Å². The van der Waals surface area contributed by atoms with E-state index in [1.54, 1.807) is 12.1 Å². The predicted molar refractivity (Wildman–Crippen MR) is 85.1 cm³/mol. The summed E-state index contributed by atoms with van der Waals surface area (Å²) < 4.78 is 22.1. The fourth-order valence-corrected chi connectivity index (χ4v) is 1.93. The van der Waals surface area contributed by atoms with E-state index in [0.717, 1.165) is 12.8 Å². The molecular weight excluding hydrogens is 284 g/mol. The van der Waals surface area contributed by atoms with Crippen LogP contribution in [-0.2, 0) is 4.74 Å². The predicted octanol–water partition coefficient (Wildman–Crippen LogP) is 3.84. The van der Waals surface area contributed by atoms with Crippen LogP contribution in [-0.4, -0.2) is 32.4 Å². The van der Waals surface area contributed by atoms with Crippen LogP contribution in [0.15, 0.2) is 12.1 Å².